The quantitative estimate of drug-likeness (QED) is 0.467. The van der Waals surface area contributed by atoms with Gasteiger partial charge in [0, 0.05) is 18.7 Å². The number of hydrogen-bond donors (Lipinski definition) is 2. The minimum atomic E-state index is -0.240. The lowest BCUT2D eigenvalue weighted by atomic mass is 10.1. The van der Waals surface area contributed by atoms with E-state index in [1.807, 2.05) is 13.8 Å². The second-order valence-electron chi connectivity index (χ2n) is 5.16. The number of nitrogens with one attached hydrogen (secondary N) is 1. The van der Waals surface area contributed by atoms with E-state index in [9.17, 15) is 0 Å². The summed E-state index contributed by atoms with van der Waals surface area (Å²) in [6, 6.07) is 0. The van der Waals surface area contributed by atoms with E-state index >= 15 is 0 Å². The standard InChI is InChI=1S/C14H31NO4/c1-4-5-7-17-9-11-19-12-10-18-8-6-15-14(2,3)13-16/h15-16H,4-13H2,1-3H3. The van der Waals surface area contributed by atoms with Crippen molar-refractivity contribution in [3.63, 3.8) is 0 Å². The van der Waals surface area contributed by atoms with Crippen molar-refractivity contribution in [3.8, 4) is 0 Å². The molecule has 19 heavy (non-hydrogen) atoms. The van der Waals surface area contributed by atoms with Gasteiger partial charge in [-0.1, -0.05) is 13.3 Å². The molecule has 0 aliphatic heterocycles. The Bertz CT molecular complexity index is 188. The Balaban J connectivity index is 3.07. The Kier molecular flexibility index (Phi) is 12.7. The zero-order chi connectivity index (χ0) is 14.4. The third kappa shape index (κ3) is 14.0. The first-order valence-corrected chi connectivity index (χ1v) is 7.21. The van der Waals surface area contributed by atoms with E-state index in [1.165, 1.54) is 0 Å². The van der Waals surface area contributed by atoms with E-state index in [1.54, 1.807) is 0 Å². The van der Waals surface area contributed by atoms with Crippen LogP contribution in [0.25, 0.3) is 0 Å². The van der Waals surface area contributed by atoms with Crippen molar-refractivity contribution in [2.75, 3.05) is 52.8 Å². The molecule has 0 atom stereocenters. The van der Waals surface area contributed by atoms with Crippen LogP contribution < -0.4 is 5.32 Å². The zero-order valence-electron chi connectivity index (χ0n) is 12.7. The Labute approximate surface area is 117 Å². The molecule has 0 radical (unpaired) electrons. The van der Waals surface area contributed by atoms with Crippen molar-refractivity contribution in [2.24, 2.45) is 0 Å². The zero-order valence-corrected chi connectivity index (χ0v) is 12.7. The molecule has 0 heterocycles. The molecule has 2 N–H and O–H groups in total. The summed E-state index contributed by atoms with van der Waals surface area (Å²) in [6.45, 7) is 10.8. The third-order valence-corrected chi connectivity index (χ3v) is 2.63. The van der Waals surface area contributed by atoms with Gasteiger partial charge in [-0.05, 0) is 20.3 Å². The summed E-state index contributed by atoms with van der Waals surface area (Å²) in [7, 11) is 0. The normalized spacial score (nSPS) is 12.0. The first-order chi connectivity index (χ1) is 9.12. The maximum atomic E-state index is 9.04. The lowest BCUT2D eigenvalue weighted by molar-refractivity contribution is 0.0136. The van der Waals surface area contributed by atoms with Gasteiger partial charge < -0.3 is 24.6 Å². The first-order valence-electron chi connectivity index (χ1n) is 7.21. The SMILES string of the molecule is CCCCOCCOCCOCCNC(C)(C)CO. The summed E-state index contributed by atoms with van der Waals surface area (Å²) in [6.07, 6.45) is 2.27. The van der Waals surface area contributed by atoms with Crippen LogP contribution in [0.15, 0.2) is 0 Å². The molecule has 116 valence electrons. The van der Waals surface area contributed by atoms with Gasteiger partial charge in [-0.25, -0.2) is 0 Å². The lowest BCUT2D eigenvalue weighted by Gasteiger charge is -2.23. The van der Waals surface area contributed by atoms with Gasteiger partial charge in [-0.3, -0.25) is 0 Å². The van der Waals surface area contributed by atoms with Crippen molar-refractivity contribution in [2.45, 2.75) is 39.2 Å². The van der Waals surface area contributed by atoms with E-state index in [4.69, 9.17) is 19.3 Å². The van der Waals surface area contributed by atoms with Crippen molar-refractivity contribution >= 4 is 0 Å². The predicted molar refractivity (Wildman–Crippen MR) is 76.5 cm³/mol. The van der Waals surface area contributed by atoms with Crippen LogP contribution in [-0.2, 0) is 14.2 Å². The molecule has 0 saturated heterocycles. The van der Waals surface area contributed by atoms with E-state index in [-0.39, 0.29) is 12.1 Å². The summed E-state index contributed by atoms with van der Waals surface area (Å²) < 4.78 is 16.2. The van der Waals surface area contributed by atoms with Gasteiger partial charge >= 0.3 is 0 Å². The van der Waals surface area contributed by atoms with Crippen molar-refractivity contribution < 1.29 is 19.3 Å². The first kappa shape index (κ1) is 18.8. The molecular formula is C14H31NO4. The van der Waals surface area contributed by atoms with Gasteiger partial charge in [-0.2, -0.15) is 0 Å². The average Bonchev–Trinajstić information content (AvgIpc) is 2.40. The molecular weight excluding hydrogens is 246 g/mol. The molecule has 0 fully saturated rings. The van der Waals surface area contributed by atoms with E-state index < -0.39 is 0 Å². The molecule has 0 bridgehead atoms. The molecule has 5 nitrogen and oxygen atoms in total. The summed E-state index contributed by atoms with van der Waals surface area (Å²) in [5.41, 5.74) is -0.240. The Morgan fingerprint density at radius 2 is 1.42 bits per heavy atom. The van der Waals surface area contributed by atoms with Crippen LogP contribution >= 0.6 is 0 Å². The maximum absolute atomic E-state index is 9.04. The fourth-order valence-corrected chi connectivity index (χ4v) is 1.31. The summed E-state index contributed by atoms with van der Waals surface area (Å²) in [5, 5.41) is 12.2. The fourth-order valence-electron chi connectivity index (χ4n) is 1.31. The number of ether oxygens (including phenoxy) is 3. The van der Waals surface area contributed by atoms with Crippen LogP contribution in [0.3, 0.4) is 0 Å². The van der Waals surface area contributed by atoms with Crippen molar-refractivity contribution in [1.82, 2.24) is 5.32 Å². The maximum Gasteiger partial charge on any atom is 0.0701 e. The highest BCUT2D eigenvalue weighted by Crippen LogP contribution is 1.98. The molecule has 0 saturated carbocycles. The van der Waals surface area contributed by atoms with Crippen LogP contribution in [0, 0.1) is 0 Å². The topological polar surface area (TPSA) is 60.0 Å². The van der Waals surface area contributed by atoms with E-state index in [2.05, 4.69) is 12.2 Å². The second kappa shape index (κ2) is 12.8. The van der Waals surface area contributed by atoms with Crippen molar-refractivity contribution in [3.05, 3.63) is 0 Å². The van der Waals surface area contributed by atoms with Crippen molar-refractivity contribution in [1.29, 1.82) is 0 Å². The van der Waals surface area contributed by atoms with Crippen LogP contribution in [-0.4, -0.2) is 63.4 Å². The fraction of sp³-hybridized carbons (Fsp3) is 1.00. The minimum Gasteiger partial charge on any atom is -0.394 e. The molecule has 0 unspecified atom stereocenters. The number of aliphatic hydroxyl groups is 1. The minimum absolute atomic E-state index is 0.119. The highest BCUT2D eigenvalue weighted by Gasteiger charge is 2.13. The number of hydrogen-bond acceptors (Lipinski definition) is 5. The number of aliphatic hydroxyl groups excluding tert-OH is 1. The molecule has 0 spiro atoms. The van der Waals surface area contributed by atoms with Gasteiger partial charge in [0.1, 0.15) is 0 Å². The Hall–Kier alpha value is -0.200. The highest BCUT2D eigenvalue weighted by atomic mass is 16.5. The lowest BCUT2D eigenvalue weighted by Crippen LogP contribution is -2.44. The molecule has 0 aliphatic carbocycles. The highest BCUT2D eigenvalue weighted by molar-refractivity contribution is 4.75. The van der Waals surface area contributed by atoms with Crippen LogP contribution in [0.5, 0.6) is 0 Å². The molecule has 0 aliphatic rings. The van der Waals surface area contributed by atoms with E-state index in [0.717, 1.165) is 26.0 Å². The predicted octanol–water partition coefficient (Wildman–Crippen LogP) is 1.20. The van der Waals surface area contributed by atoms with Gasteiger partial charge in [-0.15, -0.1) is 0 Å². The monoisotopic (exact) mass is 277 g/mol. The van der Waals surface area contributed by atoms with Crippen LogP contribution in [0.1, 0.15) is 33.6 Å². The Morgan fingerprint density at radius 1 is 0.895 bits per heavy atom. The summed E-state index contributed by atoms with van der Waals surface area (Å²) in [5.74, 6) is 0. The Morgan fingerprint density at radius 3 is 1.95 bits per heavy atom. The van der Waals surface area contributed by atoms with Crippen LogP contribution in [0.2, 0.25) is 0 Å². The van der Waals surface area contributed by atoms with Gasteiger partial charge in [0.25, 0.3) is 0 Å². The molecule has 0 amide bonds. The summed E-state index contributed by atoms with van der Waals surface area (Å²) in [4.78, 5) is 0. The van der Waals surface area contributed by atoms with Gasteiger partial charge in [0.15, 0.2) is 0 Å². The number of unbranched alkanes of at least 4 members (excludes halogenated alkanes) is 1. The molecule has 0 rings (SSSR count). The smallest absolute Gasteiger partial charge is 0.0701 e. The third-order valence-electron chi connectivity index (χ3n) is 2.63. The number of rotatable bonds is 14. The largest absolute Gasteiger partial charge is 0.394 e. The van der Waals surface area contributed by atoms with Gasteiger partial charge in [0.2, 0.25) is 0 Å². The van der Waals surface area contributed by atoms with E-state index in [0.29, 0.717) is 33.0 Å². The molecule has 5 heteroatoms. The molecule has 0 aromatic heterocycles. The second-order valence-corrected chi connectivity index (χ2v) is 5.16. The molecule has 0 aromatic rings. The van der Waals surface area contributed by atoms with Crippen LogP contribution in [0.4, 0.5) is 0 Å². The van der Waals surface area contributed by atoms with Gasteiger partial charge in [0.05, 0.1) is 39.6 Å². The average molecular weight is 277 g/mol. The molecule has 0 aromatic carbocycles. The summed E-state index contributed by atoms with van der Waals surface area (Å²) >= 11 is 0.